The molecule has 3 N–H and O–H groups in total. The van der Waals surface area contributed by atoms with Crippen molar-refractivity contribution in [2.45, 2.75) is 6.92 Å². The molecule has 0 aliphatic carbocycles. The van der Waals surface area contributed by atoms with Gasteiger partial charge in [-0.2, -0.15) is 5.10 Å². The van der Waals surface area contributed by atoms with E-state index in [1.54, 1.807) is 31.5 Å². The number of nitrogens with one attached hydrogen (secondary N) is 1. The highest BCUT2D eigenvalue weighted by atomic mass is 35.5. The topological polar surface area (TPSA) is 93.3 Å². The molecule has 0 radical (unpaired) electrons. The van der Waals surface area contributed by atoms with Gasteiger partial charge in [0.15, 0.2) is 10.8 Å². The number of nitrogen functional groups attached to an aromatic ring is 1. The summed E-state index contributed by atoms with van der Waals surface area (Å²) in [6.45, 7) is 1.73. The molecule has 2 heterocycles. The highest BCUT2D eigenvalue weighted by Crippen LogP contribution is 2.34. The third kappa shape index (κ3) is 3.47. The normalized spacial score (nSPS) is 11.4. The molecule has 6 nitrogen and oxygen atoms in total. The first-order valence-electron chi connectivity index (χ1n) is 5.96. The minimum absolute atomic E-state index is 0.000293. The zero-order chi connectivity index (χ0) is 16.3. The number of halogens is 3. The summed E-state index contributed by atoms with van der Waals surface area (Å²) in [7, 11) is 0. The van der Waals surface area contributed by atoms with Crippen molar-refractivity contribution >= 4 is 52.1 Å². The minimum atomic E-state index is -0.649. The van der Waals surface area contributed by atoms with Gasteiger partial charge in [-0.3, -0.25) is 9.78 Å². The highest BCUT2D eigenvalue weighted by Gasteiger charge is 2.19. The molecule has 0 saturated carbocycles. The third-order valence-electron chi connectivity index (χ3n) is 2.71. The summed E-state index contributed by atoms with van der Waals surface area (Å²) in [6.07, 6.45) is 3.24. The smallest absolute Gasteiger partial charge is 0.291 e. The number of aromatic nitrogens is 2. The first-order chi connectivity index (χ1) is 10.4. The number of amides is 1. The first kappa shape index (κ1) is 16.5. The highest BCUT2D eigenvalue weighted by molar-refractivity contribution is 6.46. The van der Waals surface area contributed by atoms with E-state index in [0.717, 1.165) is 5.56 Å². The molecule has 22 heavy (non-hydrogen) atoms. The molecule has 114 valence electrons. The molecule has 2 aromatic heterocycles. The molecule has 0 aliphatic rings. The Morgan fingerprint density at radius 1 is 1.23 bits per heavy atom. The summed E-state index contributed by atoms with van der Waals surface area (Å²) in [4.78, 5) is 19.8. The van der Waals surface area contributed by atoms with Crippen LogP contribution in [-0.2, 0) is 0 Å². The third-order valence-corrected chi connectivity index (χ3v) is 3.85. The van der Waals surface area contributed by atoms with Gasteiger partial charge >= 0.3 is 0 Å². The molecule has 0 fully saturated rings. The Morgan fingerprint density at radius 2 is 1.86 bits per heavy atom. The van der Waals surface area contributed by atoms with E-state index in [4.69, 9.17) is 40.5 Å². The fourth-order valence-corrected chi connectivity index (χ4v) is 2.12. The van der Waals surface area contributed by atoms with E-state index in [1.165, 1.54) is 0 Å². The maximum atomic E-state index is 12.1. The maximum Gasteiger partial charge on any atom is 0.291 e. The number of hydrogen-bond acceptors (Lipinski definition) is 5. The predicted octanol–water partition coefficient (Wildman–Crippen LogP) is 3.17. The molecular weight excluding hydrogens is 349 g/mol. The molecule has 9 heteroatoms. The van der Waals surface area contributed by atoms with Crippen LogP contribution in [0.4, 0.5) is 5.69 Å². The van der Waals surface area contributed by atoms with Crippen molar-refractivity contribution in [1.82, 2.24) is 15.4 Å². The lowest BCUT2D eigenvalue weighted by Gasteiger charge is -2.08. The number of anilines is 1. The van der Waals surface area contributed by atoms with Gasteiger partial charge in [0.05, 0.1) is 16.4 Å². The van der Waals surface area contributed by atoms with E-state index in [1.807, 2.05) is 0 Å². The second kappa shape index (κ2) is 6.91. The van der Waals surface area contributed by atoms with Gasteiger partial charge in [-0.25, -0.2) is 10.4 Å². The van der Waals surface area contributed by atoms with Crippen molar-refractivity contribution in [3.05, 3.63) is 51.0 Å². The summed E-state index contributed by atoms with van der Waals surface area (Å²) in [5, 5.41) is 3.78. The van der Waals surface area contributed by atoms with Gasteiger partial charge in [0.1, 0.15) is 5.02 Å². The van der Waals surface area contributed by atoms with Crippen LogP contribution in [0.5, 0.6) is 0 Å². The number of hydrogen-bond donors (Lipinski definition) is 2. The van der Waals surface area contributed by atoms with Gasteiger partial charge in [-0.05, 0) is 19.1 Å². The average molecular weight is 359 g/mol. The summed E-state index contributed by atoms with van der Waals surface area (Å²) in [6, 6.07) is 3.51. The van der Waals surface area contributed by atoms with Crippen LogP contribution in [0.15, 0.2) is 29.6 Å². The van der Waals surface area contributed by atoms with Crippen LogP contribution in [0, 0.1) is 0 Å². The number of carbonyl (C=O) groups is 1. The van der Waals surface area contributed by atoms with E-state index < -0.39 is 5.91 Å². The SMILES string of the molecule is C/C(=N\NC(=O)c1nc(Cl)c(Cl)c(N)c1Cl)c1ccncc1. The van der Waals surface area contributed by atoms with E-state index in [-0.39, 0.29) is 26.6 Å². The summed E-state index contributed by atoms with van der Waals surface area (Å²) >= 11 is 17.5. The molecule has 0 aromatic carbocycles. The van der Waals surface area contributed by atoms with Gasteiger partial charge in [-0.1, -0.05) is 34.8 Å². The van der Waals surface area contributed by atoms with E-state index in [9.17, 15) is 4.79 Å². The maximum absolute atomic E-state index is 12.1. The van der Waals surface area contributed by atoms with Gasteiger partial charge in [0.2, 0.25) is 0 Å². The lowest BCUT2D eigenvalue weighted by Crippen LogP contribution is -2.21. The number of hydrazone groups is 1. The Bertz CT molecular complexity index is 749. The second-order valence-electron chi connectivity index (χ2n) is 4.17. The van der Waals surface area contributed by atoms with Gasteiger partial charge in [-0.15, -0.1) is 0 Å². The van der Waals surface area contributed by atoms with Gasteiger partial charge in [0, 0.05) is 18.0 Å². The Labute approximate surface area is 141 Å². The van der Waals surface area contributed by atoms with Crippen molar-refractivity contribution in [2.75, 3.05) is 5.73 Å². The lowest BCUT2D eigenvalue weighted by atomic mass is 10.2. The van der Waals surface area contributed by atoms with Crippen LogP contribution in [-0.4, -0.2) is 21.6 Å². The quantitative estimate of drug-likeness (QED) is 0.500. The zero-order valence-electron chi connectivity index (χ0n) is 11.3. The van der Waals surface area contributed by atoms with Crippen LogP contribution in [0.3, 0.4) is 0 Å². The average Bonchev–Trinajstić information content (AvgIpc) is 2.54. The Balaban J connectivity index is 2.24. The van der Waals surface area contributed by atoms with Crippen molar-refractivity contribution in [2.24, 2.45) is 5.10 Å². The second-order valence-corrected chi connectivity index (χ2v) is 5.28. The standard InChI is InChI=1S/C13H10Cl3N5O/c1-6(7-2-4-18-5-3-7)20-21-13(22)11-8(14)10(17)9(15)12(16)19-11/h2-5H,1H3,(H2,17,19)(H,21,22)/b20-6+. The predicted molar refractivity (Wildman–Crippen MR) is 87.6 cm³/mol. The molecular formula is C13H10Cl3N5O. The molecule has 2 aromatic rings. The Kier molecular flexibility index (Phi) is 5.18. The largest absolute Gasteiger partial charge is 0.396 e. The number of rotatable bonds is 3. The Hall–Kier alpha value is -1.89. The zero-order valence-corrected chi connectivity index (χ0v) is 13.5. The number of nitrogens with two attached hydrogens (primary N) is 1. The van der Waals surface area contributed by atoms with Crippen molar-refractivity contribution < 1.29 is 4.79 Å². The van der Waals surface area contributed by atoms with Crippen molar-refractivity contribution in [3.8, 4) is 0 Å². The van der Waals surface area contributed by atoms with Crippen LogP contribution in [0.25, 0.3) is 0 Å². The van der Waals surface area contributed by atoms with Crippen LogP contribution < -0.4 is 11.2 Å². The molecule has 2 rings (SSSR count). The molecule has 0 atom stereocenters. The minimum Gasteiger partial charge on any atom is -0.396 e. The molecule has 0 bridgehead atoms. The molecule has 1 amide bonds. The van der Waals surface area contributed by atoms with Crippen LogP contribution in [0.1, 0.15) is 23.0 Å². The first-order valence-corrected chi connectivity index (χ1v) is 7.10. The Morgan fingerprint density at radius 3 is 2.50 bits per heavy atom. The number of carbonyl (C=O) groups excluding carboxylic acids is 1. The lowest BCUT2D eigenvalue weighted by molar-refractivity contribution is 0.0950. The summed E-state index contributed by atoms with van der Waals surface area (Å²) in [5.41, 5.74) is 9.22. The molecule has 0 spiro atoms. The van der Waals surface area contributed by atoms with Crippen LogP contribution in [0.2, 0.25) is 15.2 Å². The fraction of sp³-hybridized carbons (Fsp3) is 0.0769. The van der Waals surface area contributed by atoms with Crippen molar-refractivity contribution in [3.63, 3.8) is 0 Å². The van der Waals surface area contributed by atoms with E-state index in [0.29, 0.717) is 5.71 Å². The summed E-state index contributed by atoms with van der Waals surface area (Å²) < 4.78 is 0. The summed E-state index contributed by atoms with van der Waals surface area (Å²) in [5.74, 6) is -0.649. The monoisotopic (exact) mass is 357 g/mol. The van der Waals surface area contributed by atoms with Crippen molar-refractivity contribution in [1.29, 1.82) is 0 Å². The van der Waals surface area contributed by atoms with E-state index in [2.05, 4.69) is 20.5 Å². The fourth-order valence-electron chi connectivity index (χ4n) is 1.53. The van der Waals surface area contributed by atoms with Crippen LogP contribution >= 0.6 is 34.8 Å². The number of pyridine rings is 2. The van der Waals surface area contributed by atoms with Gasteiger partial charge < -0.3 is 5.73 Å². The van der Waals surface area contributed by atoms with E-state index >= 15 is 0 Å². The molecule has 0 saturated heterocycles. The van der Waals surface area contributed by atoms with Gasteiger partial charge in [0.25, 0.3) is 5.91 Å². The molecule has 0 aliphatic heterocycles. The number of nitrogens with zero attached hydrogens (tertiary/aromatic N) is 3. The molecule has 0 unspecified atom stereocenters.